The van der Waals surface area contributed by atoms with Crippen molar-refractivity contribution in [2.75, 3.05) is 0 Å². The molecule has 4 nitrogen and oxygen atoms in total. The molecule has 0 atom stereocenters. The van der Waals surface area contributed by atoms with Crippen molar-refractivity contribution in [3.63, 3.8) is 0 Å². The Kier molecular flexibility index (Phi) is 2.33. The fourth-order valence-electron chi connectivity index (χ4n) is 0.971. The average Bonchev–Trinajstić information content (AvgIpc) is 2.01. The highest BCUT2D eigenvalue weighted by atomic mass is 19.4. The summed E-state index contributed by atoms with van der Waals surface area (Å²) in [6, 6.07) is 2.40. The van der Waals surface area contributed by atoms with Crippen LogP contribution in [0.15, 0.2) is 18.2 Å². The zero-order valence-electron chi connectivity index (χ0n) is 6.58. The van der Waals surface area contributed by atoms with Crippen molar-refractivity contribution >= 4 is 5.69 Å². The third kappa shape index (κ3) is 1.76. The number of nitro benzene ring substituents is 1. The number of alkyl halides is 3. The van der Waals surface area contributed by atoms with E-state index >= 15 is 0 Å². The minimum atomic E-state index is -4.94. The highest BCUT2D eigenvalue weighted by Gasteiger charge is 2.41. The molecule has 0 aliphatic heterocycles. The number of nitro groups is 1. The van der Waals surface area contributed by atoms with Crippen LogP contribution in [0.5, 0.6) is 5.75 Å². The highest BCUT2D eigenvalue weighted by Crippen LogP contribution is 2.41. The molecule has 0 aromatic heterocycles. The number of rotatable bonds is 1. The van der Waals surface area contributed by atoms with Crippen molar-refractivity contribution < 1.29 is 23.2 Å². The molecule has 0 aliphatic carbocycles. The topological polar surface area (TPSA) is 63.4 Å². The van der Waals surface area contributed by atoms with Gasteiger partial charge in [0.1, 0.15) is 5.75 Å². The fraction of sp³-hybridized carbons (Fsp3) is 0.143. The van der Waals surface area contributed by atoms with Gasteiger partial charge >= 0.3 is 6.18 Å². The summed E-state index contributed by atoms with van der Waals surface area (Å²) in [6.07, 6.45) is -4.94. The van der Waals surface area contributed by atoms with Gasteiger partial charge in [-0.05, 0) is 6.07 Å². The van der Waals surface area contributed by atoms with E-state index in [1.807, 2.05) is 0 Å². The van der Waals surface area contributed by atoms with Crippen LogP contribution in [0, 0.1) is 10.1 Å². The van der Waals surface area contributed by atoms with Gasteiger partial charge in [-0.15, -0.1) is 0 Å². The molecule has 1 aromatic carbocycles. The molecule has 14 heavy (non-hydrogen) atoms. The summed E-state index contributed by atoms with van der Waals surface area (Å²) in [5, 5.41) is 19.1. The summed E-state index contributed by atoms with van der Waals surface area (Å²) in [4.78, 5) is 9.02. The van der Waals surface area contributed by atoms with Crippen molar-refractivity contribution in [1.82, 2.24) is 0 Å². The zero-order valence-corrected chi connectivity index (χ0v) is 6.58. The lowest BCUT2D eigenvalue weighted by atomic mass is 10.1. The van der Waals surface area contributed by atoms with Crippen molar-refractivity contribution in [2.24, 2.45) is 0 Å². The standard InChI is InChI=1S/C7H4F3NO3/c8-7(9,10)6-4(11(13)14)2-1-3-5(6)12/h1-3,12H. The lowest BCUT2D eigenvalue weighted by Crippen LogP contribution is -2.08. The van der Waals surface area contributed by atoms with Crippen LogP contribution in [0.4, 0.5) is 18.9 Å². The molecule has 0 amide bonds. The van der Waals surface area contributed by atoms with Gasteiger partial charge in [-0.25, -0.2) is 0 Å². The quantitative estimate of drug-likeness (QED) is 0.567. The molecule has 0 aliphatic rings. The molecule has 1 rings (SSSR count). The van der Waals surface area contributed by atoms with Gasteiger partial charge < -0.3 is 5.11 Å². The largest absolute Gasteiger partial charge is 0.507 e. The Morgan fingerprint density at radius 1 is 1.36 bits per heavy atom. The molecule has 7 heteroatoms. The summed E-state index contributed by atoms with van der Waals surface area (Å²) in [6.45, 7) is 0. The molecule has 76 valence electrons. The van der Waals surface area contributed by atoms with Crippen LogP contribution in [0.25, 0.3) is 0 Å². The van der Waals surface area contributed by atoms with Crippen LogP contribution in [0.1, 0.15) is 5.56 Å². The minimum Gasteiger partial charge on any atom is -0.507 e. The second kappa shape index (κ2) is 3.17. The second-order valence-corrected chi connectivity index (χ2v) is 2.43. The lowest BCUT2D eigenvalue weighted by Gasteiger charge is -2.08. The first-order valence-corrected chi connectivity index (χ1v) is 3.37. The smallest absolute Gasteiger partial charge is 0.426 e. The second-order valence-electron chi connectivity index (χ2n) is 2.43. The van der Waals surface area contributed by atoms with Gasteiger partial charge in [-0.2, -0.15) is 13.2 Å². The summed E-state index contributed by atoms with van der Waals surface area (Å²) in [7, 11) is 0. The number of benzene rings is 1. The first-order valence-electron chi connectivity index (χ1n) is 3.37. The third-order valence-electron chi connectivity index (χ3n) is 1.50. The molecule has 0 radical (unpaired) electrons. The number of hydrogen-bond donors (Lipinski definition) is 1. The Hall–Kier alpha value is -1.79. The number of phenolic OH excluding ortho intramolecular Hbond substituents is 1. The summed E-state index contributed by atoms with van der Waals surface area (Å²) in [5.41, 5.74) is -2.78. The highest BCUT2D eigenvalue weighted by molar-refractivity contribution is 5.50. The molecule has 0 bridgehead atoms. The van der Waals surface area contributed by atoms with E-state index in [1.165, 1.54) is 0 Å². The normalized spacial score (nSPS) is 11.4. The number of phenols is 1. The average molecular weight is 207 g/mol. The van der Waals surface area contributed by atoms with Crippen LogP contribution in [-0.4, -0.2) is 10.0 Å². The van der Waals surface area contributed by atoms with Gasteiger partial charge in [0.2, 0.25) is 0 Å². The Labute approximate surface area is 75.7 Å². The van der Waals surface area contributed by atoms with Crippen molar-refractivity contribution in [3.8, 4) is 5.75 Å². The molecule has 0 heterocycles. The van der Waals surface area contributed by atoms with Crippen molar-refractivity contribution in [3.05, 3.63) is 33.9 Å². The van der Waals surface area contributed by atoms with E-state index in [0.717, 1.165) is 12.1 Å². The van der Waals surface area contributed by atoms with Gasteiger partial charge in [-0.1, -0.05) is 6.07 Å². The van der Waals surface area contributed by atoms with Crippen LogP contribution in [-0.2, 0) is 6.18 Å². The van der Waals surface area contributed by atoms with E-state index in [-0.39, 0.29) is 0 Å². The zero-order chi connectivity index (χ0) is 10.9. The molecule has 0 saturated carbocycles. The maximum atomic E-state index is 12.2. The number of nitrogens with zero attached hydrogens (tertiary/aromatic N) is 1. The molecule has 1 N–H and O–H groups in total. The molecule has 1 aromatic rings. The monoisotopic (exact) mass is 207 g/mol. The number of hydrogen-bond acceptors (Lipinski definition) is 3. The first kappa shape index (κ1) is 10.3. The van der Waals surface area contributed by atoms with Gasteiger partial charge in [0.25, 0.3) is 5.69 Å². The number of aromatic hydroxyl groups is 1. The Morgan fingerprint density at radius 2 is 1.93 bits per heavy atom. The predicted molar refractivity (Wildman–Crippen MR) is 39.8 cm³/mol. The van der Waals surface area contributed by atoms with Crippen LogP contribution >= 0.6 is 0 Å². The van der Waals surface area contributed by atoms with E-state index in [1.54, 1.807) is 0 Å². The van der Waals surface area contributed by atoms with Crippen molar-refractivity contribution in [1.29, 1.82) is 0 Å². The maximum Gasteiger partial charge on any atom is 0.426 e. The van der Waals surface area contributed by atoms with Gasteiger partial charge in [0, 0.05) is 6.07 Å². The molecular weight excluding hydrogens is 203 g/mol. The molecule has 0 fully saturated rings. The Balaban J connectivity index is 3.45. The molecular formula is C7H4F3NO3. The summed E-state index contributed by atoms with van der Waals surface area (Å²) >= 11 is 0. The Morgan fingerprint density at radius 3 is 2.29 bits per heavy atom. The molecule has 0 saturated heterocycles. The molecule has 0 unspecified atom stereocenters. The van der Waals surface area contributed by atoms with Gasteiger partial charge in [-0.3, -0.25) is 10.1 Å². The molecule has 0 spiro atoms. The fourth-order valence-corrected chi connectivity index (χ4v) is 0.971. The van der Waals surface area contributed by atoms with Gasteiger partial charge in [0.05, 0.1) is 4.92 Å². The van der Waals surface area contributed by atoms with E-state index in [4.69, 9.17) is 5.11 Å². The van der Waals surface area contributed by atoms with E-state index in [9.17, 15) is 23.3 Å². The van der Waals surface area contributed by atoms with Gasteiger partial charge in [0.15, 0.2) is 5.56 Å². The predicted octanol–water partition coefficient (Wildman–Crippen LogP) is 2.32. The first-order chi connectivity index (χ1) is 6.34. The number of halogens is 3. The minimum absolute atomic E-state index is 0.683. The van der Waals surface area contributed by atoms with E-state index in [2.05, 4.69) is 0 Å². The van der Waals surface area contributed by atoms with Crippen molar-refractivity contribution in [2.45, 2.75) is 6.18 Å². The third-order valence-corrected chi connectivity index (χ3v) is 1.50. The van der Waals surface area contributed by atoms with Crippen LogP contribution in [0.3, 0.4) is 0 Å². The Bertz CT molecular complexity index is 375. The summed E-state index contributed by atoms with van der Waals surface area (Å²) in [5.74, 6) is -1.15. The lowest BCUT2D eigenvalue weighted by molar-refractivity contribution is -0.388. The van der Waals surface area contributed by atoms with E-state index < -0.39 is 28.1 Å². The SMILES string of the molecule is O=[N+]([O-])c1cccc(O)c1C(F)(F)F. The maximum absolute atomic E-state index is 12.2. The summed E-state index contributed by atoms with van der Waals surface area (Å²) < 4.78 is 36.6. The van der Waals surface area contributed by atoms with Crippen LogP contribution < -0.4 is 0 Å². The van der Waals surface area contributed by atoms with Crippen LogP contribution in [0.2, 0.25) is 0 Å². The van der Waals surface area contributed by atoms with E-state index in [0.29, 0.717) is 6.07 Å².